The van der Waals surface area contributed by atoms with Crippen molar-refractivity contribution in [1.29, 1.82) is 0 Å². The first-order valence-electron chi connectivity index (χ1n) is 9.78. The second kappa shape index (κ2) is 8.88. The van der Waals surface area contributed by atoms with Crippen LogP contribution in [-0.4, -0.2) is 44.1 Å². The lowest BCUT2D eigenvalue weighted by atomic mass is 9.90. The minimum absolute atomic E-state index is 0.0733. The molecule has 1 amide bonds. The van der Waals surface area contributed by atoms with Crippen LogP contribution in [0.2, 0.25) is 0 Å². The molecule has 3 rings (SSSR count). The van der Waals surface area contributed by atoms with Crippen molar-refractivity contribution >= 4 is 15.9 Å². The highest BCUT2D eigenvalue weighted by Crippen LogP contribution is 2.25. The minimum atomic E-state index is -3.34. The van der Waals surface area contributed by atoms with Crippen molar-refractivity contribution in [3.8, 4) is 11.1 Å². The van der Waals surface area contributed by atoms with Gasteiger partial charge in [0.05, 0.1) is 12.3 Å². The standard InChI is InChI=1S/C22H28N2O3S/c1-3-22(25)24-14-8-13-20(23-28(2,26)27)21(24)16-17-9-7-12-19(15-17)18-10-5-4-6-11-18/h4-7,9-12,15,20-21,23H,3,8,13-14,16H2,1-2H3/t20-,21-/m0/s1. The number of rotatable bonds is 6. The van der Waals surface area contributed by atoms with Gasteiger partial charge in [-0.15, -0.1) is 0 Å². The van der Waals surface area contributed by atoms with E-state index in [9.17, 15) is 13.2 Å². The Balaban J connectivity index is 1.89. The van der Waals surface area contributed by atoms with Gasteiger partial charge in [-0.2, -0.15) is 0 Å². The van der Waals surface area contributed by atoms with Gasteiger partial charge in [-0.05, 0) is 36.0 Å². The number of hydrogen-bond donors (Lipinski definition) is 1. The number of benzene rings is 2. The van der Waals surface area contributed by atoms with Crippen LogP contribution in [0.5, 0.6) is 0 Å². The maximum atomic E-state index is 12.5. The van der Waals surface area contributed by atoms with Gasteiger partial charge >= 0.3 is 0 Å². The first-order valence-corrected chi connectivity index (χ1v) is 11.7. The number of sulfonamides is 1. The molecule has 2 aromatic carbocycles. The molecule has 1 saturated heterocycles. The molecule has 1 heterocycles. The third-order valence-electron chi connectivity index (χ3n) is 5.25. The van der Waals surface area contributed by atoms with Crippen LogP contribution >= 0.6 is 0 Å². The van der Waals surface area contributed by atoms with Crippen molar-refractivity contribution in [2.75, 3.05) is 12.8 Å². The maximum absolute atomic E-state index is 12.5. The van der Waals surface area contributed by atoms with Gasteiger partial charge in [0, 0.05) is 19.0 Å². The number of piperidine rings is 1. The number of nitrogens with zero attached hydrogens (tertiary/aromatic N) is 1. The number of amides is 1. The first-order chi connectivity index (χ1) is 13.4. The predicted molar refractivity (Wildman–Crippen MR) is 112 cm³/mol. The second-order valence-corrected chi connectivity index (χ2v) is 9.20. The van der Waals surface area contributed by atoms with Crippen molar-refractivity contribution in [3.05, 3.63) is 60.2 Å². The Hall–Kier alpha value is -2.18. The molecule has 2 atom stereocenters. The lowest BCUT2D eigenvalue weighted by Crippen LogP contribution is -2.57. The molecular formula is C22H28N2O3S. The molecule has 0 bridgehead atoms. The summed E-state index contributed by atoms with van der Waals surface area (Å²) in [6, 6.07) is 18.0. The summed E-state index contributed by atoms with van der Waals surface area (Å²) < 4.78 is 26.5. The van der Waals surface area contributed by atoms with Crippen LogP contribution in [0.15, 0.2) is 54.6 Å². The molecule has 5 nitrogen and oxygen atoms in total. The molecule has 0 aliphatic carbocycles. The highest BCUT2D eigenvalue weighted by Gasteiger charge is 2.35. The van der Waals surface area contributed by atoms with Crippen LogP contribution in [0.25, 0.3) is 11.1 Å². The van der Waals surface area contributed by atoms with E-state index in [1.807, 2.05) is 42.2 Å². The van der Waals surface area contributed by atoms with E-state index in [0.29, 0.717) is 19.4 Å². The molecule has 0 unspecified atom stereocenters. The van der Waals surface area contributed by atoms with Crippen LogP contribution < -0.4 is 4.72 Å². The number of nitrogens with one attached hydrogen (secondary N) is 1. The molecule has 150 valence electrons. The largest absolute Gasteiger partial charge is 0.338 e. The van der Waals surface area contributed by atoms with E-state index in [1.165, 1.54) is 6.26 Å². The van der Waals surface area contributed by atoms with Gasteiger partial charge in [0.1, 0.15) is 0 Å². The number of hydrogen-bond acceptors (Lipinski definition) is 3. The van der Waals surface area contributed by atoms with Crippen molar-refractivity contribution in [1.82, 2.24) is 9.62 Å². The van der Waals surface area contributed by atoms with E-state index >= 15 is 0 Å². The minimum Gasteiger partial charge on any atom is -0.338 e. The van der Waals surface area contributed by atoms with Gasteiger partial charge in [0.25, 0.3) is 0 Å². The fourth-order valence-corrected chi connectivity index (χ4v) is 4.81. The van der Waals surface area contributed by atoms with Gasteiger partial charge < -0.3 is 4.90 Å². The SMILES string of the molecule is CCC(=O)N1CCC[C@H](NS(C)(=O)=O)[C@@H]1Cc1cccc(-c2ccccc2)c1. The molecule has 0 aromatic heterocycles. The number of carbonyl (C=O) groups is 1. The number of likely N-dealkylation sites (tertiary alicyclic amines) is 1. The molecular weight excluding hydrogens is 372 g/mol. The van der Waals surface area contributed by atoms with Crippen LogP contribution in [-0.2, 0) is 21.2 Å². The van der Waals surface area contributed by atoms with Crippen molar-refractivity contribution in [3.63, 3.8) is 0 Å². The highest BCUT2D eigenvalue weighted by molar-refractivity contribution is 7.88. The third-order valence-corrected chi connectivity index (χ3v) is 5.98. The smallest absolute Gasteiger partial charge is 0.222 e. The van der Waals surface area contributed by atoms with E-state index in [2.05, 4.69) is 29.0 Å². The van der Waals surface area contributed by atoms with E-state index in [-0.39, 0.29) is 18.0 Å². The normalized spacial score (nSPS) is 20.1. The van der Waals surface area contributed by atoms with Crippen molar-refractivity contribution in [2.24, 2.45) is 0 Å². The van der Waals surface area contributed by atoms with Gasteiger partial charge in [-0.3, -0.25) is 4.79 Å². The predicted octanol–water partition coefficient (Wildman–Crippen LogP) is 3.21. The Kier molecular flexibility index (Phi) is 6.52. The van der Waals surface area contributed by atoms with Crippen LogP contribution in [0.1, 0.15) is 31.7 Å². The molecule has 0 saturated carbocycles. The third kappa shape index (κ3) is 5.20. The zero-order valence-corrected chi connectivity index (χ0v) is 17.3. The van der Waals surface area contributed by atoms with E-state index in [1.54, 1.807) is 0 Å². The second-order valence-electron chi connectivity index (χ2n) is 7.42. The molecule has 1 aliphatic heterocycles. The summed E-state index contributed by atoms with van der Waals surface area (Å²) in [4.78, 5) is 14.4. The highest BCUT2D eigenvalue weighted by atomic mass is 32.2. The fourth-order valence-electron chi connectivity index (χ4n) is 3.98. The summed E-state index contributed by atoms with van der Waals surface area (Å²) in [6.45, 7) is 2.53. The Morgan fingerprint density at radius 1 is 1.11 bits per heavy atom. The molecule has 0 spiro atoms. The van der Waals surface area contributed by atoms with Gasteiger partial charge in [-0.25, -0.2) is 13.1 Å². The van der Waals surface area contributed by atoms with E-state index in [4.69, 9.17) is 0 Å². The lowest BCUT2D eigenvalue weighted by molar-refractivity contribution is -0.135. The summed E-state index contributed by atoms with van der Waals surface area (Å²) in [5, 5.41) is 0. The van der Waals surface area contributed by atoms with E-state index in [0.717, 1.165) is 29.5 Å². The Labute approximate surface area is 167 Å². The van der Waals surface area contributed by atoms with Crippen LogP contribution in [0.3, 0.4) is 0 Å². The Bertz CT molecular complexity index is 912. The molecule has 1 aliphatic rings. The molecule has 2 aromatic rings. The molecule has 0 radical (unpaired) electrons. The van der Waals surface area contributed by atoms with Gasteiger partial charge in [0.2, 0.25) is 15.9 Å². The summed E-state index contributed by atoms with van der Waals surface area (Å²) in [5.41, 5.74) is 3.36. The van der Waals surface area contributed by atoms with Crippen molar-refractivity contribution < 1.29 is 13.2 Å². The summed E-state index contributed by atoms with van der Waals surface area (Å²) in [6.07, 6.45) is 3.77. The quantitative estimate of drug-likeness (QED) is 0.810. The monoisotopic (exact) mass is 400 g/mol. The van der Waals surface area contributed by atoms with Crippen LogP contribution in [0.4, 0.5) is 0 Å². The number of carbonyl (C=O) groups excluding carboxylic acids is 1. The Morgan fingerprint density at radius 3 is 2.50 bits per heavy atom. The first kappa shape index (κ1) is 20.6. The zero-order valence-electron chi connectivity index (χ0n) is 16.5. The average molecular weight is 401 g/mol. The summed E-state index contributed by atoms with van der Waals surface area (Å²) >= 11 is 0. The van der Waals surface area contributed by atoms with Gasteiger partial charge in [-0.1, -0.05) is 61.5 Å². The topological polar surface area (TPSA) is 66.5 Å². The molecule has 6 heteroatoms. The molecule has 1 N–H and O–H groups in total. The maximum Gasteiger partial charge on any atom is 0.222 e. The molecule has 28 heavy (non-hydrogen) atoms. The van der Waals surface area contributed by atoms with E-state index < -0.39 is 10.0 Å². The van der Waals surface area contributed by atoms with Crippen LogP contribution in [0, 0.1) is 0 Å². The zero-order chi connectivity index (χ0) is 20.1. The Morgan fingerprint density at radius 2 is 1.82 bits per heavy atom. The molecule has 1 fully saturated rings. The average Bonchev–Trinajstić information content (AvgIpc) is 2.68. The van der Waals surface area contributed by atoms with Crippen molar-refractivity contribution in [2.45, 2.75) is 44.7 Å². The lowest BCUT2D eigenvalue weighted by Gasteiger charge is -2.41. The summed E-state index contributed by atoms with van der Waals surface area (Å²) in [5.74, 6) is 0.0733. The summed E-state index contributed by atoms with van der Waals surface area (Å²) in [7, 11) is -3.34. The fraction of sp³-hybridized carbons (Fsp3) is 0.409. The van der Waals surface area contributed by atoms with Gasteiger partial charge in [0.15, 0.2) is 0 Å².